The van der Waals surface area contributed by atoms with Gasteiger partial charge in [0.1, 0.15) is 0 Å². The largest absolute Gasteiger partial charge is 0.341 e. The van der Waals surface area contributed by atoms with E-state index in [1.807, 2.05) is 30.3 Å². The summed E-state index contributed by atoms with van der Waals surface area (Å²) in [5.74, 6) is 0.550. The summed E-state index contributed by atoms with van der Waals surface area (Å²) in [6, 6.07) is 22.3. The van der Waals surface area contributed by atoms with Crippen molar-refractivity contribution in [1.29, 1.82) is 0 Å². The minimum atomic E-state index is -0.0387. The fourth-order valence-electron chi connectivity index (χ4n) is 5.06. The van der Waals surface area contributed by atoms with Gasteiger partial charge < -0.3 is 15.2 Å². The highest BCUT2D eigenvalue weighted by molar-refractivity contribution is 8.00. The van der Waals surface area contributed by atoms with Crippen molar-refractivity contribution in [3.05, 3.63) is 66.7 Å². The molecule has 1 aliphatic carbocycles. The molecule has 2 amide bonds. The molecule has 4 aromatic rings. The quantitative estimate of drug-likeness (QED) is 0.275. The number of thioether (sulfide) groups is 1. The first-order valence-corrected chi connectivity index (χ1v) is 13.5. The third kappa shape index (κ3) is 5.22. The van der Waals surface area contributed by atoms with Crippen LogP contribution in [0.5, 0.6) is 0 Å². The van der Waals surface area contributed by atoms with Crippen molar-refractivity contribution in [2.45, 2.75) is 50.5 Å². The van der Waals surface area contributed by atoms with Crippen LogP contribution in [0.4, 0.5) is 11.4 Å². The number of para-hydroxylation sites is 1. The second kappa shape index (κ2) is 10.6. The topological polar surface area (TPSA) is 63.1 Å². The number of benzene rings is 3. The lowest BCUT2D eigenvalue weighted by molar-refractivity contribution is -0.120. The summed E-state index contributed by atoms with van der Waals surface area (Å²) in [5.41, 5.74) is 4.01. The van der Waals surface area contributed by atoms with Crippen LogP contribution in [0, 0.1) is 5.92 Å². The van der Waals surface area contributed by atoms with E-state index in [1.165, 1.54) is 34.6 Å². The number of nitrogens with zero attached hydrogens (tertiary/aromatic N) is 1. The molecule has 3 aromatic carbocycles. The van der Waals surface area contributed by atoms with Gasteiger partial charge in [-0.3, -0.25) is 9.59 Å². The van der Waals surface area contributed by atoms with Gasteiger partial charge in [0, 0.05) is 50.5 Å². The Morgan fingerprint density at radius 2 is 1.57 bits per heavy atom. The fourth-order valence-corrected chi connectivity index (χ4v) is 5.76. The molecule has 2 N–H and O–H groups in total. The summed E-state index contributed by atoms with van der Waals surface area (Å²) in [4.78, 5) is 26.1. The Kier molecular flexibility index (Phi) is 7.09. The van der Waals surface area contributed by atoms with Gasteiger partial charge in [-0.2, -0.15) is 0 Å². The Balaban J connectivity index is 1.18. The van der Waals surface area contributed by atoms with Crippen molar-refractivity contribution in [3.8, 4) is 0 Å². The van der Waals surface area contributed by atoms with Crippen LogP contribution in [0.2, 0.25) is 0 Å². The number of nitrogens with one attached hydrogen (secondary N) is 2. The van der Waals surface area contributed by atoms with Gasteiger partial charge in [0.15, 0.2) is 0 Å². The van der Waals surface area contributed by atoms with E-state index in [9.17, 15) is 9.59 Å². The zero-order chi connectivity index (χ0) is 24.2. The molecule has 1 saturated carbocycles. The van der Waals surface area contributed by atoms with Crippen molar-refractivity contribution in [3.63, 3.8) is 0 Å². The summed E-state index contributed by atoms with van der Waals surface area (Å²) < 4.78 is 2.30. The van der Waals surface area contributed by atoms with Crippen molar-refractivity contribution in [1.82, 2.24) is 4.57 Å². The van der Waals surface area contributed by atoms with Gasteiger partial charge >= 0.3 is 0 Å². The standard InChI is InChI=1S/C29H31N3O2S/c1-2-32-26-11-7-6-10-24(26)25-18-22(14-17-27(25)32)30-28(33)19-35-23-15-12-21(13-16-23)31-29(34)20-8-4-3-5-9-20/h6-7,10-18,20H,2-5,8-9,19H2,1H3,(H,30,33)(H,31,34). The van der Waals surface area contributed by atoms with Crippen LogP contribution in [0.1, 0.15) is 39.0 Å². The first-order valence-electron chi connectivity index (χ1n) is 12.5. The summed E-state index contributed by atoms with van der Waals surface area (Å²) in [6.07, 6.45) is 5.50. The van der Waals surface area contributed by atoms with Crippen molar-refractivity contribution in [2.24, 2.45) is 5.92 Å². The molecule has 5 nitrogen and oxygen atoms in total. The van der Waals surface area contributed by atoms with E-state index < -0.39 is 0 Å². The molecule has 0 saturated heterocycles. The molecule has 0 radical (unpaired) electrons. The van der Waals surface area contributed by atoms with Gasteiger partial charge in [-0.05, 0) is 68.3 Å². The molecule has 0 aliphatic heterocycles. The number of anilines is 2. The SMILES string of the molecule is CCn1c2ccccc2c2cc(NC(=O)CSc3ccc(NC(=O)C4CCCCC4)cc3)ccc21. The number of carbonyl (C=O) groups excluding carboxylic acids is 2. The Morgan fingerprint density at radius 1 is 0.857 bits per heavy atom. The van der Waals surface area contributed by atoms with E-state index in [1.54, 1.807) is 0 Å². The van der Waals surface area contributed by atoms with Gasteiger partial charge in [0.2, 0.25) is 11.8 Å². The molecule has 1 fully saturated rings. The molecule has 1 heterocycles. The highest BCUT2D eigenvalue weighted by atomic mass is 32.2. The first kappa shape index (κ1) is 23.5. The van der Waals surface area contributed by atoms with Gasteiger partial charge in [-0.1, -0.05) is 37.5 Å². The molecule has 180 valence electrons. The number of rotatable bonds is 7. The van der Waals surface area contributed by atoms with Crippen LogP contribution in [0.25, 0.3) is 21.8 Å². The molecule has 1 aromatic heterocycles. The lowest BCUT2D eigenvalue weighted by atomic mass is 9.88. The fraction of sp³-hybridized carbons (Fsp3) is 0.310. The second-order valence-electron chi connectivity index (χ2n) is 9.18. The Bertz CT molecular complexity index is 1350. The van der Waals surface area contributed by atoms with Crippen LogP contribution in [-0.2, 0) is 16.1 Å². The molecule has 0 unspecified atom stereocenters. The van der Waals surface area contributed by atoms with Crippen LogP contribution in [-0.4, -0.2) is 22.1 Å². The van der Waals surface area contributed by atoms with E-state index in [-0.39, 0.29) is 17.7 Å². The number of aryl methyl sites for hydroxylation is 1. The Hall–Kier alpha value is -3.25. The predicted molar refractivity (Wildman–Crippen MR) is 146 cm³/mol. The predicted octanol–water partition coefficient (Wildman–Crippen LogP) is 7.06. The third-order valence-corrected chi connectivity index (χ3v) is 7.85. The highest BCUT2D eigenvalue weighted by Crippen LogP contribution is 2.31. The van der Waals surface area contributed by atoms with Crippen molar-refractivity contribution >= 4 is 56.8 Å². The first-order chi connectivity index (χ1) is 17.1. The molecule has 0 spiro atoms. The minimum Gasteiger partial charge on any atom is -0.341 e. The summed E-state index contributed by atoms with van der Waals surface area (Å²) in [5, 5.41) is 8.44. The Morgan fingerprint density at radius 3 is 2.34 bits per heavy atom. The summed E-state index contributed by atoms with van der Waals surface area (Å²) >= 11 is 1.49. The maximum absolute atomic E-state index is 12.6. The lowest BCUT2D eigenvalue weighted by Crippen LogP contribution is -2.24. The average molecular weight is 486 g/mol. The monoisotopic (exact) mass is 485 g/mol. The van der Waals surface area contributed by atoms with E-state index in [0.29, 0.717) is 5.75 Å². The number of fused-ring (bicyclic) bond motifs is 3. The molecular weight excluding hydrogens is 454 g/mol. The number of hydrogen-bond donors (Lipinski definition) is 2. The van der Waals surface area contributed by atoms with Gasteiger partial charge in [0.25, 0.3) is 0 Å². The molecule has 1 aliphatic rings. The van der Waals surface area contributed by atoms with Gasteiger partial charge in [-0.25, -0.2) is 0 Å². The number of amides is 2. The summed E-state index contributed by atoms with van der Waals surface area (Å²) in [6.45, 7) is 3.05. The van der Waals surface area contributed by atoms with Crippen molar-refractivity contribution < 1.29 is 9.59 Å². The van der Waals surface area contributed by atoms with E-state index in [2.05, 4.69) is 58.5 Å². The number of hydrogen-bond acceptors (Lipinski definition) is 3. The smallest absolute Gasteiger partial charge is 0.234 e. The van der Waals surface area contributed by atoms with E-state index >= 15 is 0 Å². The molecular formula is C29H31N3O2S. The summed E-state index contributed by atoms with van der Waals surface area (Å²) in [7, 11) is 0. The van der Waals surface area contributed by atoms with E-state index in [0.717, 1.165) is 53.9 Å². The maximum atomic E-state index is 12.6. The normalized spacial score (nSPS) is 14.3. The highest BCUT2D eigenvalue weighted by Gasteiger charge is 2.21. The van der Waals surface area contributed by atoms with Gasteiger partial charge in [0.05, 0.1) is 5.75 Å². The van der Waals surface area contributed by atoms with Crippen molar-refractivity contribution in [2.75, 3.05) is 16.4 Å². The van der Waals surface area contributed by atoms with Crippen LogP contribution in [0.15, 0.2) is 71.6 Å². The minimum absolute atomic E-state index is 0.0387. The molecule has 35 heavy (non-hydrogen) atoms. The van der Waals surface area contributed by atoms with Crippen LogP contribution in [0.3, 0.4) is 0 Å². The Labute approximate surface area is 210 Å². The van der Waals surface area contributed by atoms with E-state index in [4.69, 9.17) is 0 Å². The zero-order valence-corrected chi connectivity index (χ0v) is 20.9. The molecule has 0 bridgehead atoms. The van der Waals surface area contributed by atoms with Crippen LogP contribution >= 0.6 is 11.8 Å². The maximum Gasteiger partial charge on any atom is 0.234 e. The molecule has 0 atom stereocenters. The molecule has 6 heteroatoms. The average Bonchev–Trinajstić information content (AvgIpc) is 3.22. The van der Waals surface area contributed by atoms with Gasteiger partial charge in [-0.15, -0.1) is 11.8 Å². The number of carbonyl (C=O) groups is 2. The zero-order valence-electron chi connectivity index (χ0n) is 20.0. The molecule has 5 rings (SSSR count). The third-order valence-electron chi connectivity index (χ3n) is 6.84. The second-order valence-corrected chi connectivity index (χ2v) is 10.2. The van der Waals surface area contributed by atoms with Crippen LogP contribution < -0.4 is 10.6 Å². The number of aromatic nitrogens is 1. The lowest BCUT2D eigenvalue weighted by Gasteiger charge is -2.20.